The highest BCUT2D eigenvalue weighted by Crippen LogP contribution is 2.22. The summed E-state index contributed by atoms with van der Waals surface area (Å²) < 4.78 is 0. The highest BCUT2D eigenvalue weighted by atomic mass is 14.1. The molecule has 0 aliphatic carbocycles. The van der Waals surface area contributed by atoms with Gasteiger partial charge >= 0.3 is 0 Å². The molecule has 0 saturated carbocycles. The van der Waals surface area contributed by atoms with Gasteiger partial charge in [-0.25, -0.2) is 0 Å². The van der Waals surface area contributed by atoms with E-state index >= 15 is 0 Å². The van der Waals surface area contributed by atoms with E-state index in [4.69, 9.17) is 0 Å². The molecule has 0 spiro atoms. The Bertz CT molecular complexity index is 603. The van der Waals surface area contributed by atoms with Gasteiger partial charge in [0.05, 0.1) is 0 Å². The number of hydrogen-bond donors (Lipinski definition) is 0. The third-order valence-electron chi connectivity index (χ3n) is 3.53. The van der Waals surface area contributed by atoms with E-state index < -0.39 is 0 Å². The van der Waals surface area contributed by atoms with E-state index in [-0.39, 0.29) is 0 Å². The van der Waals surface area contributed by atoms with Crippen LogP contribution in [-0.4, -0.2) is 0 Å². The molecule has 0 amide bonds. The summed E-state index contributed by atoms with van der Waals surface area (Å²) in [6.45, 7) is 8.69. The summed E-state index contributed by atoms with van der Waals surface area (Å²) in [6, 6.07) is 15.4. The summed E-state index contributed by atoms with van der Waals surface area (Å²) in [5.41, 5.74) is 8.03. The number of allylic oxidation sites excluding steroid dienone is 1. The fraction of sp³-hybridized carbons (Fsp3) is 0.263. The smallest absolute Gasteiger partial charge is 0.0219 e. The maximum absolute atomic E-state index is 2.31. The zero-order valence-electron chi connectivity index (χ0n) is 12.3. The Balaban J connectivity index is 2.43. The Morgan fingerprint density at radius 3 is 2.42 bits per heavy atom. The van der Waals surface area contributed by atoms with Gasteiger partial charge in [0.1, 0.15) is 0 Å². The standard InChI is InChI=1S/C19H22/c1-5-17-10-9-15(3)12-19(17)13-16(4)18-8-6-7-14(2)11-18/h6-13H,5H2,1-4H3/b16-13+. The van der Waals surface area contributed by atoms with Crippen molar-refractivity contribution in [2.75, 3.05) is 0 Å². The number of rotatable bonds is 3. The van der Waals surface area contributed by atoms with Crippen LogP contribution in [0.15, 0.2) is 42.5 Å². The van der Waals surface area contributed by atoms with Crippen LogP contribution in [-0.2, 0) is 6.42 Å². The minimum absolute atomic E-state index is 1.08. The summed E-state index contributed by atoms with van der Waals surface area (Å²) in [5, 5.41) is 0. The molecule has 0 aliphatic rings. The fourth-order valence-electron chi connectivity index (χ4n) is 2.38. The predicted molar refractivity (Wildman–Crippen MR) is 85.3 cm³/mol. The Morgan fingerprint density at radius 1 is 1.00 bits per heavy atom. The first-order chi connectivity index (χ1) is 9.10. The molecule has 0 heteroatoms. The quantitative estimate of drug-likeness (QED) is 0.637. The van der Waals surface area contributed by atoms with Gasteiger partial charge < -0.3 is 0 Å². The van der Waals surface area contributed by atoms with Crippen LogP contribution in [0.2, 0.25) is 0 Å². The Labute approximate surface area is 116 Å². The number of aryl methyl sites for hydroxylation is 3. The molecule has 2 aromatic carbocycles. The van der Waals surface area contributed by atoms with Crippen LogP contribution < -0.4 is 0 Å². The average Bonchev–Trinajstić information content (AvgIpc) is 2.39. The van der Waals surface area contributed by atoms with E-state index in [9.17, 15) is 0 Å². The molecule has 0 atom stereocenters. The molecule has 0 bridgehead atoms. The van der Waals surface area contributed by atoms with Gasteiger partial charge in [0.25, 0.3) is 0 Å². The van der Waals surface area contributed by atoms with Crippen molar-refractivity contribution < 1.29 is 0 Å². The lowest BCUT2D eigenvalue weighted by atomic mass is 9.97. The summed E-state index contributed by atoms with van der Waals surface area (Å²) in [7, 11) is 0. The number of hydrogen-bond acceptors (Lipinski definition) is 0. The monoisotopic (exact) mass is 250 g/mol. The van der Waals surface area contributed by atoms with E-state index in [2.05, 4.69) is 76.2 Å². The van der Waals surface area contributed by atoms with Crippen molar-refractivity contribution in [1.29, 1.82) is 0 Å². The molecule has 19 heavy (non-hydrogen) atoms. The second kappa shape index (κ2) is 5.88. The lowest BCUT2D eigenvalue weighted by Gasteiger charge is -2.08. The minimum atomic E-state index is 1.08. The summed E-state index contributed by atoms with van der Waals surface area (Å²) in [4.78, 5) is 0. The normalized spacial score (nSPS) is 11.7. The molecule has 0 heterocycles. The van der Waals surface area contributed by atoms with Gasteiger partial charge in [-0.3, -0.25) is 0 Å². The van der Waals surface area contributed by atoms with Gasteiger partial charge in [-0.15, -0.1) is 0 Å². The fourth-order valence-corrected chi connectivity index (χ4v) is 2.38. The maximum Gasteiger partial charge on any atom is -0.0219 e. The third kappa shape index (κ3) is 3.35. The van der Waals surface area contributed by atoms with Crippen molar-refractivity contribution in [3.63, 3.8) is 0 Å². The summed E-state index contributed by atoms with van der Waals surface area (Å²) in [6.07, 6.45) is 3.38. The molecule has 0 nitrogen and oxygen atoms in total. The first-order valence-corrected chi connectivity index (χ1v) is 6.95. The Hall–Kier alpha value is -1.82. The van der Waals surface area contributed by atoms with Gasteiger partial charge in [0.15, 0.2) is 0 Å². The van der Waals surface area contributed by atoms with Gasteiger partial charge in [0.2, 0.25) is 0 Å². The van der Waals surface area contributed by atoms with Crippen molar-refractivity contribution in [2.24, 2.45) is 0 Å². The molecule has 2 rings (SSSR count). The molecule has 2 aromatic rings. The van der Waals surface area contributed by atoms with Crippen LogP contribution in [0.1, 0.15) is 41.7 Å². The minimum Gasteiger partial charge on any atom is -0.0614 e. The van der Waals surface area contributed by atoms with Crippen LogP contribution in [0.3, 0.4) is 0 Å². The van der Waals surface area contributed by atoms with E-state index in [1.54, 1.807) is 0 Å². The van der Waals surface area contributed by atoms with E-state index in [0.717, 1.165) is 6.42 Å². The van der Waals surface area contributed by atoms with Crippen LogP contribution in [0.5, 0.6) is 0 Å². The highest BCUT2D eigenvalue weighted by molar-refractivity contribution is 5.81. The van der Waals surface area contributed by atoms with Crippen LogP contribution in [0.4, 0.5) is 0 Å². The first-order valence-electron chi connectivity index (χ1n) is 6.95. The van der Waals surface area contributed by atoms with Crippen molar-refractivity contribution in [1.82, 2.24) is 0 Å². The molecular weight excluding hydrogens is 228 g/mol. The lowest BCUT2D eigenvalue weighted by molar-refractivity contribution is 1.13. The Morgan fingerprint density at radius 2 is 1.74 bits per heavy atom. The molecule has 0 radical (unpaired) electrons. The first kappa shape index (κ1) is 13.6. The van der Waals surface area contributed by atoms with E-state index in [1.165, 1.54) is 33.4 Å². The van der Waals surface area contributed by atoms with Crippen molar-refractivity contribution in [3.8, 4) is 0 Å². The lowest BCUT2D eigenvalue weighted by Crippen LogP contribution is -1.89. The van der Waals surface area contributed by atoms with Crippen molar-refractivity contribution in [3.05, 3.63) is 70.3 Å². The third-order valence-corrected chi connectivity index (χ3v) is 3.53. The molecule has 0 fully saturated rings. The molecule has 0 N–H and O–H groups in total. The molecule has 98 valence electrons. The van der Waals surface area contributed by atoms with Crippen LogP contribution in [0.25, 0.3) is 11.6 Å². The van der Waals surface area contributed by atoms with Gasteiger partial charge in [-0.2, -0.15) is 0 Å². The average molecular weight is 250 g/mol. The summed E-state index contributed by atoms with van der Waals surface area (Å²) in [5.74, 6) is 0. The maximum atomic E-state index is 2.31. The molecule has 0 aromatic heterocycles. The number of benzene rings is 2. The van der Waals surface area contributed by atoms with Crippen molar-refractivity contribution >= 4 is 11.6 Å². The van der Waals surface area contributed by atoms with Crippen molar-refractivity contribution in [2.45, 2.75) is 34.1 Å². The van der Waals surface area contributed by atoms with E-state index in [0.29, 0.717) is 0 Å². The van der Waals surface area contributed by atoms with E-state index in [1.807, 2.05) is 0 Å². The second-order valence-corrected chi connectivity index (χ2v) is 5.25. The topological polar surface area (TPSA) is 0 Å². The van der Waals surface area contributed by atoms with Crippen LogP contribution >= 0.6 is 0 Å². The molecule has 0 aliphatic heterocycles. The zero-order chi connectivity index (χ0) is 13.8. The Kier molecular flexibility index (Phi) is 4.21. The highest BCUT2D eigenvalue weighted by Gasteiger charge is 2.01. The molecule has 0 unspecified atom stereocenters. The van der Waals surface area contributed by atoms with Gasteiger partial charge in [-0.1, -0.05) is 66.6 Å². The second-order valence-electron chi connectivity index (χ2n) is 5.25. The molecular formula is C19H22. The van der Waals surface area contributed by atoms with Gasteiger partial charge in [-0.05, 0) is 49.5 Å². The predicted octanol–water partition coefficient (Wildman–Crippen LogP) is 5.43. The van der Waals surface area contributed by atoms with Gasteiger partial charge in [0, 0.05) is 0 Å². The SMILES string of the molecule is CCc1ccc(C)cc1/C=C(\C)c1cccc(C)c1. The zero-order valence-corrected chi connectivity index (χ0v) is 12.3. The van der Waals surface area contributed by atoms with Crippen LogP contribution in [0, 0.1) is 13.8 Å². The molecule has 0 saturated heterocycles. The summed E-state index contributed by atoms with van der Waals surface area (Å²) >= 11 is 0. The largest absolute Gasteiger partial charge is 0.0614 e.